The summed E-state index contributed by atoms with van der Waals surface area (Å²) in [7, 11) is 1.66. The van der Waals surface area contributed by atoms with Crippen molar-refractivity contribution in [1.29, 1.82) is 0 Å². The smallest absolute Gasteiger partial charge is 0.335 e. The van der Waals surface area contributed by atoms with Crippen LogP contribution in [0.15, 0.2) is 61.1 Å². The Balaban J connectivity index is 1.50. The van der Waals surface area contributed by atoms with Crippen LogP contribution in [0.2, 0.25) is 0 Å². The zero-order valence-corrected chi connectivity index (χ0v) is 14.6. The maximum Gasteiger partial charge on any atom is 0.335 e. The quantitative estimate of drug-likeness (QED) is 0.653. The number of carbonyl (C=O) groups is 1. The monoisotopic (exact) mass is 351 g/mol. The van der Waals surface area contributed by atoms with Crippen LogP contribution in [0.4, 0.5) is 0 Å². The fourth-order valence-electron chi connectivity index (χ4n) is 2.63. The van der Waals surface area contributed by atoms with Crippen molar-refractivity contribution in [2.24, 2.45) is 0 Å². The average molecular weight is 351 g/mol. The summed E-state index contributed by atoms with van der Waals surface area (Å²) in [4.78, 5) is 15.3. The van der Waals surface area contributed by atoms with Crippen LogP contribution >= 0.6 is 0 Å². The number of ether oxygens (including phenoxy) is 1. The molecule has 6 heteroatoms. The number of nitrogens with zero attached hydrogens (tertiary/aromatic N) is 2. The Morgan fingerprint density at radius 1 is 1.08 bits per heavy atom. The molecule has 1 heterocycles. The van der Waals surface area contributed by atoms with Crippen molar-refractivity contribution in [2.45, 2.75) is 19.6 Å². The lowest BCUT2D eigenvalue weighted by Crippen LogP contribution is -2.12. The maximum absolute atomic E-state index is 10.9. The van der Waals surface area contributed by atoms with Crippen molar-refractivity contribution in [3.05, 3.63) is 83.4 Å². The van der Waals surface area contributed by atoms with Crippen LogP contribution < -0.4 is 10.1 Å². The minimum absolute atomic E-state index is 0.294. The van der Waals surface area contributed by atoms with E-state index >= 15 is 0 Å². The van der Waals surface area contributed by atoms with Gasteiger partial charge >= 0.3 is 5.97 Å². The van der Waals surface area contributed by atoms with Gasteiger partial charge in [0.15, 0.2) is 0 Å². The van der Waals surface area contributed by atoms with Crippen molar-refractivity contribution in [3.63, 3.8) is 0 Å². The molecule has 2 aromatic carbocycles. The minimum atomic E-state index is -0.913. The van der Waals surface area contributed by atoms with E-state index in [0.29, 0.717) is 18.7 Å². The molecule has 0 aliphatic heterocycles. The van der Waals surface area contributed by atoms with Gasteiger partial charge in [0.2, 0.25) is 0 Å². The molecule has 0 saturated heterocycles. The van der Waals surface area contributed by atoms with Crippen molar-refractivity contribution < 1.29 is 14.6 Å². The molecule has 1 aromatic heterocycles. The molecule has 0 aliphatic rings. The first-order chi connectivity index (χ1) is 12.6. The van der Waals surface area contributed by atoms with Crippen LogP contribution in [0.3, 0.4) is 0 Å². The van der Waals surface area contributed by atoms with Crippen LogP contribution in [0.1, 0.15) is 27.2 Å². The fraction of sp³-hybridized carbons (Fsp3) is 0.200. The number of rotatable bonds is 8. The number of hydrogen-bond acceptors (Lipinski definition) is 4. The fourth-order valence-corrected chi connectivity index (χ4v) is 2.63. The molecule has 26 heavy (non-hydrogen) atoms. The highest BCUT2D eigenvalue weighted by Gasteiger charge is 2.04. The molecule has 2 N–H and O–H groups in total. The number of benzene rings is 2. The Labute approximate surface area is 152 Å². The van der Waals surface area contributed by atoms with E-state index < -0.39 is 5.97 Å². The van der Waals surface area contributed by atoms with Crippen molar-refractivity contribution in [3.8, 4) is 5.75 Å². The van der Waals surface area contributed by atoms with Gasteiger partial charge in [-0.15, -0.1) is 0 Å². The number of aromatic nitrogens is 2. The largest absolute Gasteiger partial charge is 0.497 e. The Morgan fingerprint density at radius 3 is 2.42 bits per heavy atom. The van der Waals surface area contributed by atoms with Crippen LogP contribution in [0.25, 0.3) is 0 Å². The van der Waals surface area contributed by atoms with Crippen LogP contribution in [-0.4, -0.2) is 27.7 Å². The summed E-state index contributed by atoms with van der Waals surface area (Å²) in [5.41, 5.74) is 3.47. The van der Waals surface area contributed by atoms with Crippen LogP contribution in [0.5, 0.6) is 5.75 Å². The van der Waals surface area contributed by atoms with Crippen molar-refractivity contribution in [1.82, 2.24) is 14.9 Å². The minimum Gasteiger partial charge on any atom is -0.497 e. The summed E-state index contributed by atoms with van der Waals surface area (Å²) in [6, 6.07) is 14.8. The zero-order chi connectivity index (χ0) is 18.4. The Kier molecular flexibility index (Phi) is 5.66. The molecule has 0 spiro atoms. The molecule has 3 rings (SSSR count). The molecule has 0 amide bonds. The molecule has 0 radical (unpaired) electrons. The van der Waals surface area contributed by atoms with E-state index in [1.165, 1.54) is 5.56 Å². The average Bonchev–Trinajstić information content (AvgIpc) is 3.10. The summed E-state index contributed by atoms with van der Waals surface area (Å²) in [5, 5.41) is 12.3. The number of carboxylic acid groups (broad SMARTS) is 1. The van der Waals surface area contributed by atoms with Gasteiger partial charge in [0.1, 0.15) is 5.75 Å². The number of nitrogens with one attached hydrogen (secondary N) is 1. The first-order valence-electron chi connectivity index (χ1n) is 8.30. The normalized spacial score (nSPS) is 10.7. The molecule has 0 atom stereocenters. The Morgan fingerprint density at radius 2 is 1.77 bits per heavy atom. The van der Waals surface area contributed by atoms with Gasteiger partial charge < -0.3 is 19.7 Å². The topological polar surface area (TPSA) is 76.4 Å². The zero-order valence-electron chi connectivity index (χ0n) is 14.6. The SMILES string of the molecule is COc1ccc(CNCc2cn(Cc3ccc(C(=O)O)cc3)cn2)cc1. The van der Waals surface area contributed by atoms with Gasteiger partial charge in [-0.3, -0.25) is 0 Å². The molecule has 134 valence electrons. The summed E-state index contributed by atoms with van der Waals surface area (Å²) in [5.74, 6) is -0.0618. The van der Waals surface area contributed by atoms with E-state index in [9.17, 15) is 4.79 Å². The van der Waals surface area contributed by atoms with Gasteiger partial charge in [0.05, 0.1) is 24.7 Å². The van der Waals surface area contributed by atoms with Gasteiger partial charge in [-0.25, -0.2) is 9.78 Å². The number of imidazole rings is 1. The molecule has 3 aromatic rings. The molecule has 0 saturated carbocycles. The lowest BCUT2D eigenvalue weighted by Gasteiger charge is -2.05. The highest BCUT2D eigenvalue weighted by atomic mass is 16.5. The first-order valence-corrected chi connectivity index (χ1v) is 8.30. The lowest BCUT2D eigenvalue weighted by molar-refractivity contribution is 0.0697. The Bertz CT molecular complexity index is 855. The number of carboxylic acids is 1. The lowest BCUT2D eigenvalue weighted by atomic mass is 10.1. The van der Waals surface area contributed by atoms with Gasteiger partial charge in [-0.2, -0.15) is 0 Å². The van der Waals surface area contributed by atoms with E-state index in [0.717, 1.165) is 23.6 Å². The molecule has 6 nitrogen and oxygen atoms in total. The van der Waals surface area contributed by atoms with E-state index in [2.05, 4.69) is 10.3 Å². The summed E-state index contributed by atoms with van der Waals surface area (Å²) < 4.78 is 7.14. The third-order valence-corrected chi connectivity index (χ3v) is 4.05. The highest BCUT2D eigenvalue weighted by molar-refractivity contribution is 5.87. The molecule has 0 unspecified atom stereocenters. The molecular weight excluding hydrogens is 330 g/mol. The standard InChI is InChI=1S/C20H21N3O3/c1-26-19-8-4-15(5-9-19)10-21-11-18-13-23(14-22-18)12-16-2-6-17(7-3-16)20(24)25/h2-9,13-14,21H,10-12H2,1H3,(H,24,25). The van der Waals surface area contributed by atoms with E-state index in [4.69, 9.17) is 9.84 Å². The Hall–Kier alpha value is -3.12. The van der Waals surface area contributed by atoms with Crippen LogP contribution in [-0.2, 0) is 19.6 Å². The van der Waals surface area contributed by atoms with Crippen molar-refractivity contribution in [2.75, 3.05) is 7.11 Å². The third kappa shape index (κ3) is 4.70. The highest BCUT2D eigenvalue weighted by Crippen LogP contribution is 2.11. The second-order valence-electron chi connectivity index (χ2n) is 5.99. The van der Waals surface area contributed by atoms with E-state index in [1.54, 1.807) is 25.6 Å². The summed E-state index contributed by atoms with van der Waals surface area (Å²) in [6.45, 7) is 2.09. The molecular formula is C20H21N3O3. The molecule has 0 aliphatic carbocycles. The molecule has 0 bridgehead atoms. The predicted molar refractivity (Wildman–Crippen MR) is 98.3 cm³/mol. The van der Waals surface area contributed by atoms with E-state index in [-0.39, 0.29) is 0 Å². The molecule has 0 fully saturated rings. The second-order valence-corrected chi connectivity index (χ2v) is 5.99. The number of methoxy groups -OCH3 is 1. The summed E-state index contributed by atoms with van der Waals surface area (Å²) in [6.07, 6.45) is 3.78. The second kappa shape index (κ2) is 8.31. The van der Waals surface area contributed by atoms with Gasteiger partial charge in [-0.05, 0) is 35.4 Å². The van der Waals surface area contributed by atoms with E-state index in [1.807, 2.05) is 47.2 Å². The summed E-state index contributed by atoms with van der Waals surface area (Å²) >= 11 is 0. The third-order valence-electron chi connectivity index (χ3n) is 4.05. The van der Waals surface area contributed by atoms with Crippen LogP contribution in [0, 0.1) is 0 Å². The van der Waals surface area contributed by atoms with Gasteiger partial charge in [0.25, 0.3) is 0 Å². The number of hydrogen-bond donors (Lipinski definition) is 2. The first kappa shape index (κ1) is 17.7. The van der Waals surface area contributed by atoms with Gasteiger partial charge in [-0.1, -0.05) is 24.3 Å². The maximum atomic E-state index is 10.9. The van der Waals surface area contributed by atoms with Crippen molar-refractivity contribution >= 4 is 5.97 Å². The predicted octanol–water partition coefficient (Wildman–Crippen LogP) is 2.93. The number of aromatic carboxylic acids is 1. The van der Waals surface area contributed by atoms with Gasteiger partial charge in [0, 0.05) is 25.8 Å².